The third-order valence-electron chi connectivity index (χ3n) is 3.93. The minimum atomic E-state index is 0.613. The summed E-state index contributed by atoms with van der Waals surface area (Å²) in [5.74, 6) is 1.52. The van der Waals surface area contributed by atoms with Crippen molar-refractivity contribution in [3.63, 3.8) is 0 Å². The molecule has 0 amide bonds. The average molecular weight is 280 g/mol. The minimum absolute atomic E-state index is 0.613. The van der Waals surface area contributed by atoms with E-state index in [1.165, 1.54) is 12.8 Å². The van der Waals surface area contributed by atoms with E-state index in [9.17, 15) is 0 Å². The van der Waals surface area contributed by atoms with Crippen LogP contribution in [-0.2, 0) is 0 Å². The molecule has 0 unspecified atom stereocenters. The summed E-state index contributed by atoms with van der Waals surface area (Å²) in [6.07, 6.45) is 5.71. The first-order chi connectivity index (χ1) is 10.3. The van der Waals surface area contributed by atoms with E-state index >= 15 is 0 Å². The van der Waals surface area contributed by atoms with Crippen LogP contribution in [0.1, 0.15) is 12.8 Å². The van der Waals surface area contributed by atoms with E-state index in [0.717, 1.165) is 29.9 Å². The van der Waals surface area contributed by atoms with Gasteiger partial charge in [-0.05, 0) is 25.0 Å². The molecular formula is C15H16N6. The van der Waals surface area contributed by atoms with Gasteiger partial charge in [0.05, 0.1) is 11.0 Å². The van der Waals surface area contributed by atoms with E-state index in [1.54, 1.807) is 12.7 Å². The predicted molar refractivity (Wildman–Crippen MR) is 82.5 cm³/mol. The highest BCUT2D eigenvalue weighted by Gasteiger charge is 2.19. The topological polar surface area (TPSA) is 72.9 Å². The first-order valence-electron chi connectivity index (χ1n) is 7.12. The number of rotatable bonds is 2. The Morgan fingerprint density at radius 3 is 2.57 bits per heavy atom. The SMILES string of the molecule is Nc1c(N2CCCC2)ncnc1-n1cnc2ccccc21. The molecular weight excluding hydrogens is 264 g/mol. The predicted octanol–water partition coefficient (Wildman–Crippen LogP) is 2.00. The fraction of sp³-hybridized carbons (Fsp3) is 0.267. The summed E-state index contributed by atoms with van der Waals surface area (Å²) in [4.78, 5) is 15.3. The largest absolute Gasteiger partial charge is 0.393 e. The highest BCUT2D eigenvalue weighted by Crippen LogP contribution is 2.29. The molecule has 0 bridgehead atoms. The van der Waals surface area contributed by atoms with Crippen molar-refractivity contribution < 1.29 is 0 Å². The van der Waals surface area contributed by atoms with Gasteiger partial charge in [-0.2, -0.15) is 0 Å². The molecule has 3 aromatic rings. The summed E-state index contributed by atoms with van der Waals surface area (Å²) in [5.41, 5.74) is 8.87. The molecule has 1 aliphatic heterocycles. The van der Waals surface area contributed by atoms with Gasteiger partial charge < -0.3 is 10.6 Å². The number of nitrogens with two attached hydrogens (primary N) is 1. The summed E-state index contributed by atoms with van der Waals surface area (Å²) in [5, 5.41) is 0. The van der Waals surface area contributed by atoms with Crippen LogP contribution < -0.4 is 10.6 Å². The molecule has 0 radical (unpaired) electrons. The summed E-state index contributed by atoms with van der Waals surface area (Å²) in [6, 6.07) is 7.95. The van der Waals surface area contributed by atoms with Crippen molar-refractivity contribution >= 4 is 22.5 Å². The van der Waals surface area contributed by atoms with Crippen LogP contribution in [-0.4, -0.2) is 32.6 Å². The van der Waals surface area contributed by atoms with Crippen molar-refractivity contribution in [1.82, 2.24) is 19.5 Å². The number of para-hydroxylation sites is 2. The Morgan fingerprint density at radius 2 is 1.71 bits per heavy atom. The van der Waals surface area contributed by atoms with E-state index in [1.807, 2.05) is 28.8 Å². The third kappa shape index (κ3) is 1.91. The minimum Gasteiger partial charge on any atom is -0.393 e. The zero-order valence-corrected chi connectivity index (χ0v) is 11.6. The van der Waals surface area contributed by atoms with Crippen LogP contribution in [0.25, 0.3) is 16.9 Å². The van der Waals surface area contributed by atoms with Crippen LogP contribution in [0, 0.1) is 0 Å². The van der Waals surface area contributed by atoms with Gasteiger partial charge in [-0.15, -0.1) is 0 Å². The molecule has 4 rings (SSSR count). The number of hydrogen-bond acceptors (Lipinski definition) is 5. The quantitative estimate of drug-likeness (QED) is 0.777. The second kappa shape index (κ2) is 4.73. The zero-order valence-electron chi connectivity index (χ0n) is 11.6. The number of benzene rings is 1. The van der Waals surface area contributed by atoms with Gasteiger partial charge in [0.25, 0.3) is 0 Å². The molecule has 3 heterocycles. The van der Waals surface area contributed by atoms with Crippen LogP contribution in [0.2, 0.25) is 0 Å². The van der Waals surface area contributed by atoms with Crippen LogP contribution in [0.3, 0.4) is 0 Å². The molecule has 1 aliphatic rings. The fourth-order valence-corrected chi connectivity index (χ4v) is 2.88. The number of imidazole rings is 1. The first kappa shape index (κ1) is 12.1. The molecule has 6 heteroatoms. The van der Waals surface area contributed by atoms with E-state index in [4.69, 9.17) is 5.73 Å². The summed E-state index contributed by atoms with van der Waals surface area (Å²) in [7, 11) is 0. The molecule has 2 N–H and O–H groups in total. The zero-order chi connectivity index (χ0) is 14.2. The monoisotopic (exact) mass is 280 g/mol. The van der Waals surface area contributed by atoms with Gasteiger partial charge >= 0.3 is 0 Å². The molecule has 1 aromatic carbocycles. The molecule has 2 aromatic heterocycles. The number of anilines is 2. The molecule has 106 valence electrons. The number of hydrogen-bond donors (Lipinski definition) is 1. The lowest BCUT2D eigenvalue weighted by molar-refractivity contribution is 0.915. The van der Waals surface area contributed by atoms with Gasteiger partial charge in [0, 0.05) is 13.1 Å². The Balaban J connectivity index is 1.87. The van der Waals surface area contributed by atoms with Crippen LogP contribution >= 0.6 is 0 Å². The van der Waals surface area contributed by atoms with Crippen molar-refractivity contribution in [2.45, 2.75) is 12.8 Å². The lowest BCUT2D eigenvalue weighted by atomic mass is 10.3. The first-order valence-corrected chi connectivity index (χ1v) is 7.12. The van der Waals surface area contributed by atoms with Crippen LogP contribution in [0.5, 0.6) is 0 Å². The standard InChI is InChI=1S/C15H16N6/c16-13-14(20-7-3-4-8-20)17-9-18-15(13)21-10-19-11-5-1-2-6-12(11)21/h1-2,5-6,9-10H,3-4,7-8,16H2. The Bertz CT molecular complexity index is 788. The van der Waals surface area contributed by atoms with Crippen molar-refractivity contribution in [2.75, 3.05) is 23.7 Å². The maximum atomic E-state index is 6.33. The molecule has 0 atom stereocenters. The van der Waals surface area contributed by atoms with Crippen molar-refractivity contribution in [2.24, 2.45) is 0 Å². The van der Waals surface area contributed by atoms with E-state index < -0.39 is 0 Å². The van der Waals surface area contributed by atoms with Gasteiger partial charge in [-0.3, -0.25) is 4.57 Å². The molecule has 6 nitrogen and oxygen atoms in total. The average Bonchev–Trinajstić information content (AvgIpc) is 3.17. The normalized spacial score (nSPS) is 15.0. The van der Waals surface area contributed by atoms with E-state index in [-0.39, 0.29) is 0 Å². The van der Waals surface area contributed by atoms with Gasteiger partial charge in [-0.1, -0.05) is 12.1 Å². The van der Waals surface area contributed by atoms with E-state index in [0.29, 0.717) is 11.5 Å². The maximum absolute atomic E-state index is 6.33. The smallest absolute Gasteiger partial charge is 0.167 e. The molecule has 0 aliphatic carbocycles. The number of aromatic nitrogens is 4. The fourth-order valence-electron chi connectivity index (χ4n) is 2.88. The van der Waals surface area contributed by atoms with Gasteiger partial charge in [0.2, 0.25) is 0 Å². The second-order valence-corrected chi connectivity index (χ2v) is 5.23. The van der Waals surface area contributed by atoms with Crippen molar-refractivity contribution in [1.29, 1.82) is 0 Å². The molecule has 1 saturated heterocycles. The third-order valence-corrected chi connectivity index (χ3v) is 3.93. The maximum Gasteiger partial charge on any atom is 0.167 e. The van der Waals surface area contributed by atoms with Crippen molar-refractivity contribution in [3.8, 4) is 5.82 Å². The van der Waals surface area contributed by atoms with E-state index in [2.05, 4.69) is 19.9 Å². The lowest BCUT2D eigenvalue weighted by Gasteiger charge is -2.19. The van der Waals surface area contributed by atoms with Gasteiger partial charge in [-0.25, -0.2) is 15.0 Å². The molecule has 21 heavy (non-hydrogen) atoms. The number of fused-ring (bicyclic) bond motifs is 1. The Labute approximate surface area is 122 Å². The summed E-state index contributed by atoms with van der Waals surface area (Å²) < 4.78 is 1.92. The molecule has 0 saturated carbocycles. The summed E-state index contributed by atoms with van der Waals surface area (Å²) in [6.45, 7) is 2.01. The van der Waals surface area contributed by atoms with Crippen LogP contribution in [0.4, 0.5) is 11.5 Å². The molecule has 0 spiro atoms. The highest BCUT2D eigenvalue weighted by atomic mass is 15.2. The highest BCUT2D eigenvalue weighted by molar-refractivity contribution is 5.80. The van der Waals surface area contributed by atoms with Gasteiger partial charge in [0.1, 0.15) is 18.3 Å². The Kier molecular flexibility index (Phi) is 2.73. The van der Waals surface area contributed by atoms with Crippen molar-refractivity contribution in [3.05, 3.63) is 36.9 Å². The summed E-state index contributed by atoms with van der Waals surface area (Å²) >= 11 is 0. The number of nitrogen functional groups attached to an aromatic ring is 1. The Hall–Kier alpha value is -2.63. The van der Waals surface area contributed by atoms with Crippen LogP contribution in [0.15, 0.2) is 36.9 Å². The Morgan fingerprint density at radius 1 is 0.952 bits per heavy atom. The second-order valence-electron chi connectivity index (χ2n) is 5.23. The number of nitrogens with zero attached hydrogens (tertiary/aromatic N) is 5. The molecule has 1 fully saturated rings. The lowest BCUT2D eigenvalue weighted by Crippen LogP contribution is -2.21. The van der Waals surface area contributed by atoms with Gasteiger partial charge in [0.15, 0.2) is 11.6 Å².